The number of halogens is 1. The zero-order chi connectivity index (χ0) is 9.26. The predicted octanol–water partition coefficient (Wildman–Crippen LogP) is 2.31. The van der Waals surface area contributed by atoms with Crippen LogP contribution in [0.5, 0.6) is 0 Å². The van der Waals surface area contributed by atoms with Gasteiger partial charge in [-0.1, -0.05) is 23.7 Å². The zero-order valence-electron chi connectivity index (χ0n) is 6.79. The average molecular weight is 194 g/mol. The minimum Gasteiger partial charge on any atom is -0.384 e. The van der Waals surface area contributed by atoms with E-state index in [0.29, 0.717) is 10.8 Å². The molecule has 1 heterocycles. The molecule has 1 aromatic carbocycles. The van der Waals surface area contributed by atoms with Crippen LogP contribution in [0.3, 0.4) is 0 Å². The van der Waals surface area contributed by atoms with Gasteiger partial charge in [-0.3, -0.25) is 0 Å². The predicted molar refractivity (Wildman–Crippen MR) is 53.4 cm³/mol. The van der Waals surface area contributed by atoms with Gasteiger partial charge in [-0.2, -0.15) is 0 Å². The summed E-state index contributed by atoms with van der Waals surface area (Å²) in [4.78, 5) is 7.02. The molecule has 0 fully saturated rings. The molecule has 13 heavy (non-hydrogen) atoms. The van der Waals surface area contributed by atoms with E-state index < -0.39 is 0 Å². The highest BCUT2D eigenvalue weighted by Crippen LogP contribution is 2.19. The van der Waals surface area contributed by atoms with E-state index in [-0.39, 0.29) is 0 Å². The number of hydrogen-bond donors (Lipinski definition) is 2. The Kier molecular flexibility index (Phi) is 1.94. The molecular weight excluding hydrogens is 186 g/mol. The molecule has 0 aliphatic rings. The van der Waals surface area contributed by atoms with Gasteiger partial charge in [0.05, 0.1) is 6.20 Å². The summed E-state index contributed by atoms with van der Waals surface area (Å²) in [6, 6.07) is 7.44. The van der Waals surface area contributed by atoms with E-state index in [9.17, 15) is 0 Å². The molecule has 4 heteroatoms. The van der Waals surface area contributed by atoms with Gasteiger partial charge in [-0.25, -0.2) is 4.98 Å². The molecule has 0 atom stereocenters. The molecule has 0 amide bonds. The van der Waals surface area contributed by atoms with Gasteiger partial charge in [0.25, 0.3) is 0 Å². The van der Waals surface area contributed by atoms with Crippen LogP contribution in [-0.4, -0.2) is 9.97 Å². The number of anilines is 1. The summed E-state index contributed by atoms with van der Waals surface area (Å²) in [5.74, 6) is 1.29. The van der Waals surface area contributed by atoms with Crippen LogP contribution in [0.1, 0.15) is 0 Å². The maximum absolute atomic E-state index is 5.83. The SMILES string of the molecule is Nc1cnc(-c2cccc(Cl)c2)[nH]1. The van der Waals surface area contributed by atoms with E-state index in [4.69, 9.17) is 17.3 Å². The Balaban J connectivity index is 2.46. The molecule has 3 N–H and O–H groups in total. The highest BCUT2D eigenvalue weighted by molar-refractivity contribution is 6.30. The van der Waals surface area contributed by atoms with Crippen molar-refractivity contribution in [2.75, 3.05) is 5.73 Å². The molecule has 0 bridgehead atoms. The van der Waals surface area contributed by atoms with E-state index in [2.05, 4.69) is 9.97 Å². The van der Waals surface area contributed by atoms with Crippen LogP contribution in [0.15, 0.2) is 30.5 Å². The van der Waals surface area contributed by atoms with Gasteiger partial charge >= 0.3 is 0 Å². The maximum Gasteiger partial charge on any atom is 0.138 e. The summed E-state index contributed by atoms with van der Waals surface area (Å²) in [6.45, 7) is 0. The molecule has 0 spiro atoms. The standard InChI is InChI=1S/C9H8ClN3/c10-7-3-1-2-6(4-7)9-12-5-8(11)13-9/h1-5H,11H2,(H,12,13). The molecule has 2 aromatic rings. The third-order valence-corrected chi connectivity index (χ3v) is 1.93. The van der Waals surface area contributed by atoms with Crippen molar-refractivity contribution in [1.29, 1.82) is 0 Å². The summed E-state index contributed by atoms with van der Waals surface area (Å²) in [5, 5.41) is 0.687. The van der Waals surface area contributed by atoms with Gasteiger partial charge in [-0.05, 0) is 12.1 Å². The van der Waals surface area contributed by atoms with Gasteiger partial charge in [0.15, 0.2) is 0 Å². The molecule has 0 unspecified atom stereocenters. The van der Waals surface area contributed by atoms with Gasteiger partial charge in [-0.15, -0.1) is 0 Å². The van der Waals surface area contributed by atoms with E-state index >= 15 is 0 Å². The summed E-state index contributed by atoms with van der Waals surface area (Å²) >= 11 is 5.83. The van der Waals surface area contributed by atoms with E-state index in [1.165, 1.54) is 0 Å². The molecule has 0 saturated carbocycles. The fraction of sp³-hybridized carbons (Fsp3) is 0. The number of hydrogen-bond acceptors (Lipinski definition) is 2. The Morgan fingerprint density at radius 1 is 1.38 bits per heavy atom. The lowest BCUT2D eigenvalue weighted by molar-refractivity contribution is 1.31. The van der Waals surface area contributed by atoms with E-state index in [1.54, 1.807) is 6.20 Å². The number of H-pyrrole nitrogens is 1. The molecule has 0 aliphatic heterocycles. The molecule has 0 aliphatic carbocycles. The van der Waals surface area contributed by atoms with E-state index in [1.807, 2.05) is 24.3 Å². The second-order valence-corrected chi connectivity index (χ2v) is 3.13. The van der Waals surface area contributed by atoms with Crippen molar-refractivity contribution in [2.45, 2.75) is 0 Å². The molecule has 0 saturated heterocycles. The zero-order valence-corrected chi connectivity index (χ0v) is 7.55. The highest BCUT2D eigenvalue weighted by Gasteiger charge is 2.01. The van der Waals surface area contributed by atoms with Crippen molar-refractivity contribution in [1.82, 2.24) is 9.97 Å². The second-order valence-electron chi connectivity index (χ2n) is 2.70. The van der Waals surface area contributed by atoms with Crippen LogP contribution >= 0.6 is 11.6 Å². The van der Waals surface area contributed by atoms with Gasteiger partial charge in [0.1, 0.15) is 11.6 Å². The number of rotatable bonds is 1. The lowest BCUT2D eigenvalue weighted by atomic mass is 10.2. The Morgan fingerprint density at radius 2 is 2.23 bits per heavy atom. The fourth-order valence-corrected chi connectivity index (χ4v) is 1.31. The lowest BCUT2D eigenvalue weighted by Crippen LogP contribution is -1.83. The van der Waals surface area contributed by atoms with Crippen molar-refractivity contribution < 1.29 is 0 Å². The number of nitrogens with one attached hydrogen (secondary N) is 1. The molecule has 3 nitrogen and oxygen atoms in total. The third-order valence-electron chi connectivity index (χ3n) is 1.69. The highest BCUT2D eigenvalue weighted by atomic mass is 35.5. The smallest absolute Gasteiger partial charge is 0.138 e. The average Bonchev–Trinajstić information content (AvgIpc) is 2.52. The van der Waals surface area contributed by atoms with Crippen LogP contribution in [0.25, 0.3) is 11.4 Å². The number of benzene rings is 1. The topological polar surface area (TPSA) is 54.7 Å². The summed E-state index contributed by atoms with van der Waals surface area (Å²) in [7, 11) is 0. The summed E-state index contributed by atoms with van der Waals surface area (Å²) in [6.07, 6.45) is 1.58. The monoisotopic (exact) mass is 193 g/mol. The Bertz CT molecular complexity index is 422. The van der Waals surface area contributed by atoms with Crippen LogP contribution in [0.4, 0.5) is 5.82 Å². The van der Waals surface area contributed by atoms with Crippen molar-refractivity contribution in [3.8, 4) is 11.4 Å². The van der Waals surface area contributed by atoms with Crippen molar-refractivity contribution in [3.05, 3.63) is 35.5 Å². The number of nitrogens with zero attached hydrogens (tertiary/aromatic N) is 1. The summed E-state index contributed by atoms with van der Waals surface area (Å²) in [5.41, 5.74) is 6.44. The number of imidazole rings is 1. The third kappa shape index (κ3) is 1.65. The minimum atomic E-state index is 0.551. The normalized spacial score (nSPS) is 10.2. The summed E-state index contributed by atoms with van der Waals surface area (Å²) < 4.78 is 0. The van der Waals surface area contributed by atoms with Crippen molar-refractivity contribution in [3.63, 3.8) is 0 Å². The number of nitrogens with two attached hydrogens (primary N) is 1. The number of aromatic amines is 1. The van der Waals surface area contributed by atoms with Gasteiger partial charge in [0.2, 0.25) is 0 Å². The number of nitrogen functional groups attached to an aromatic ring is 1. The molecular formula is C9H8ClN3. The molecule has 1 aromatic heterocycles. The van der Waals surface area contributed by atoms with Crippen molar-refractivity contribution in [2.24, 2.45) is 0 Å². The van der Waals surface area contributed by atoms with Crippen LogP contribution in [-0.2, 0) is 0 Å². The van der Waals surface area contributed by atoms with Crippen LogP contribution in [0.2, 0.25) is 5.02 Å². The van der Waals surface area contributed by atoms with Gasteiger partial charge < -0.3 is 10.7 Å². The van der Waals surface area contributed by atoms with E-state index in [0.717, 1.165) is 11.4 Å². The second kappa shape index (κ2) is 3.11. The van der Waals surface area contributed by atoms with Crippen LogP contribution < -0.4 is 5.73 Å². The van der Waals surface area contributed by atoms with Gasteiger partial charge in [0, 0.05) is 10.6 Å². The van der Waals surface area contributed by atoms with Crippen LogP contribution in [0, 0.1) is 0 Å². The maximum atomic E-state index is 5.83. The first kappa shape index (κ1) is 8.13. The molecule has 2 rings (SSSR count). The molecule has 66 valence electrons. The lowest BCUT2D eigenvalue weighted by Gasteiger charge is -1.96. The Morgan fingerprint density at radius 3 is 2.85 bits per heavy atom. The first-order valence-corrected chi connectivity index (χ1v) is 4.20. The minimum absolute atomic E-state index is 0.551. The number of aromatic nitrogens is 2. The quantitative estimate of drug-likeness (QED) is 0.730. The molecule has 0 radical (unpaired) electrons. The van der Waals surface area contributed by atoms with Crippen molar-refractivity contribution >= 4 is 17.4 Å². The Labute approximate surface area is 80.6 Å². The largest absolute Gasteiger partial charge is 0.384 e. The fourth-order valence-electron chi connectivity index (χ4n) is 1.12. The Hall–Kier alpha value is -1.48. The first-order chi connectivity index (χ1) is 6.25. The first-order valence-electron chi connectivity index (χ1n) is 3.82.